The zero-order valence-corrected chi connectivity index (χ0v) is 17.1. The van der Waals surface area contributed by atoms with Crippen molar-refractivity contribution in [2.45, 2.75) is 18.5 Å². The number of nitrogens with zero attached hydrogens (tertiary/aromatic N) is 2. The predicted octanol–water partition coefficient (Wildman–Crippen LogP) is 2.72. The Morgan fingerprint density at radius 3 is 2.80 bits per heavy atom. The molecule has 5 rings (SSSR count). The van der Waals surface area contributed by atoms with Crippen molar-refractivity contribution in [2.24, 2.45) is 7.05 Å². The van der Waals surface area contributed by atoms with Crippen molar-refractivity contribution >= 4 is 34.7 Å². The van der Waals surface area contributed by atoms with Gasteiger partial charge in [0.05, 0.1) is 17.3 Å². The lowest BCUT2D eigenvalue weighted by Gasteiger charge is -2.25. The molecule has 0 aliphatic carbocycles. The Bertz CT molecular complexity index is 1150. The van der Waals surface area contributed by atoms with E-state index in [4.69, 9.17) is 0 Å². The quantitative estimate of drug-likeness (QED) is 0.683. The van der Waals surface area contributed by atoms with Crippen molar-refractivity contribution in [3.05, 3.63) is 64.6 Å². The first-order chi connectivity index (χ1) is 14.5. The molecule has 0 radical (unpaired) electrons. The van der Waals surface area contributed by atoms with Gasteiger partial charge in [0.1, 0.15) is 11.7 Å². The molecule has 0 saturated carbocycles. The first kappa shape index (κ1) is 18.6. The fourth-order valence-corrected chi connectivity index (χ4v) is 4.90. The van der Waals surface area contributed by atoms with Gasteiger partial charge in [-0.05, 0) is 58.6 Å². The van der Waals surface area contributed by atoms with Crippen molar-refractivity contribution in [3.8, 4) is 11.1 Å². The summed E-state index contributed by atoms with van der Waals surface area (Å²) in [6, 6.07) is 9.85. The van der Waals surface area contributed by atoms with Gasteiger partial charge < -0.3 is 20.1 Å². The molecule has 152 valence electrons. The van der Waals surface area contributed by atoms with Gasteiger partial charge in [0.25, 0.3) is 11.8 Å². The van der Waals surface area contributed by atoms with Crippen LogP contribution in [0.25, 0.3) is 11.1 Å². The highest BCUT2D eigenvalue weighted by Gasteiger charge is 2.45. The molecule has 2 aromatic heterocycles. The summed E-state index contributed by atoms with van der Waals surface area (Å²) >= 11 is 1.59. The molecule has 3 aromatic rings. The number of aromatic nitrogens is 1. The van der Waals surface area contributed by atoms with Crippen molar-refractivity contribution < 1.29 is 14.4 Å². The SMILES string of the molecule is Cn1cccc1C(=O)NC1CCN2C(=O)c3cc(-c4ccsc4)ccc3NC(=O)C12. The van der Waals surface area contributed by atoms with E-state index in [9.17, 15) is 14.4 Å². The van der Waals surface area contributed by atoms with Crippen molar-refractivity contribution in [2.75, 3.05) is 11.9 Å². The average molecular weight is 420 g/mol. The lowest BCUT2D eigenvalue weighted by molar-refractivity contribution is -0.120. The Morgan fingerprint density at radius 2 is 2.07 bits per heavy atom. The summed E-state index contributed by atoms with van der Waals surface area (Å²) < 4.78 is 1.72. The lowest BCUT2D eigenvalue weighted by atomic mass is 10.0. The first-order valence-electron chi connectivity index (χ1n) is 9.73. The van der Waals surface area contributed by atoms with Crippen LogP contribution in [0.2, 0.25) is 0 Å². The van der Waals surface area contributed by atoms with Crippen molar-refractivity contribution in [3.63, 3.8) is 0 Å². The predicted molar refractivity (Wildman–Crippen MR) is 114 cm³/mol. The van der Waals surface area contributed by atoms with Crippen LogP contribution < -0.4 is 10.6 Å². The van der Waals surface area contributed by atoms with Gasteiger partial charge in [-0.2, -0.15) is 11.3 Å². The third-order valence-corrected chi connectivity index (χ3v) is 6.47. The molecule has 2 atom stereocenters. The molecule has 2 N–H and O–H groups in total. The molecule has 1 aromatic carbocycles. The van der Waals surface area contributed by atoms with E-state index in [0.29, 0.717) is 29.9 Å². The maximum Gasteiger partial charge on any atom is 0.268 e. The summed E-state index contributed by atoms with van der Waals surface area (Å²) in [6.45, 7) is 0.414. The van der Waals surface area contributed by atoms with Crippen LogP contribution in [0.15, 0.2) is 53.4 Å². The van der Waals surface area contributed by atoms with Gasteiger partial charge in [-0.25, -0.2) is 0 Å². The number of thiophene rings is 1. The largest absolute Gasteiger partial charge is 0.347 e. The average Bonchev–Trinajstić information content (AvgIpc) is 3.47. The number of rotatable bonds is 3. The molecule has 3 amide bonds. The second-order valence-electron chi connectivity index (χ2n) is 7.58. The number of nitrogens with one attached hydrogen (secondary N) is 2. The van der Waals surface area contributed by atoms with Gasteiger partial charge >= 0.3 is 0 Å². The number of amides is 3. The van der Waals surface area contributed by atoms with Crippen molar-refractivity contribution in [1.29, 1.82) is 0 Å². The maximum absolute atomic E-state index is 13.3. The third-order valence-electron chi connectivity index (χ3n) is 5.78. The first-order valence-corrected chi connectivity index (χ1v) is 10.7. The Kier molecular flexibility index (Phi) is 4.43. The minimum absolute atomic E-state index is 0.193. The molecular weight excluding hydrogens is 400 g/mol. The Balaban J connectivity index is 1.44. The smallest absolute Gasteiger partial charge is 0.268 e. The van der Waals surface area contributed by atoms with E-state index in [1.807, 2.05) is 29.0 Å². The summed E-state index contributed by atoms with van der Waals surface area (Å²) in [5.41, 5.74) is 3.47. The normalized spacial score (nSPS) is 20.4. The second kappa shape index (κ2) is 7.14. The molecule has 4 heterocycles. The highest BCUT2D eigenvalue weighted by Crippen LogP contribution is 2.32. The molecule has 0 bridgehead atoms. The number of hydrogen-bond acceptors (Lipinski definition) is 4. The number of fused-ring (bicyclic) bond motifs is 2. The summed E-state index contributed by atoms with van der Waals surface area (Å²) in [5, 5.41) is 9.85. The molecule has 1 saturated heterocycles. The fraction of sp³-hybridized carbons (Fsp3) is 0.227. The molecule has 2 aliphatic rings. The third kappa shape index (κ3) is 3.00. The standard InChI is InChI=1S/C22H20N4O3S/c1-25-8-2-3-18(25)20(27)24-17-6-9-26-19(17)21(28)23-16-5-4-13(11-15(16)22(26)29)14-7-10-30-12-14/h2-5,7-8,10-12,17,19H,6,9H2,1H3,(H,23,28)(H,24,27). The number of carbonyl (C=O) groups is 3. The van der Waals surface area contributed by atoms with Gasteiger partial charge in [0.15, 0.2) is 0 Å². The Labute approximate surface area is 177 Å². The van der Waals surface area contributed by atoms with E-state index in [1.165, 1.54) is 0 Å². The second-order valence-corrected chi connectivity index (χ2v) is 8.36. The van der Waals surface area contributed by atoms with Crippen LogP contribution in [0.1, 0.15) is 27.3 Å². The van der Waals surface area contributed by atoms with E-state index in [0.717, 1.165) is 11.1 Å². The highest BCUT2D eigenvalue weighted by atomic mass is 32.1. The van der Waals surface area contributed by atoms with Crippen LogP contribution in [0.5, 0.6) is 0 Å². The molecule has 1 fully saturated rings. The number of aryl methyl sites for hydroxylation is 1. The fourth-order valence-electron chi connectivity index (χ4n) is 4.23. The zero-order chi connectivity index (χ0) is 20.8. The van der Waals surface area contributed by atoms with Crippen LogP contribution in [-0.4, -0.2) is 45.8 Å². The van der Waals surface area contributed by atoms with Crippen molar-refractivity contribution in [1.82, 2.24) is 14.8 Å². The van der Waals surface area contributed by atoms with Crippen LogP contribution in [-0.2, 0) is 11.8 Å². The zero-order valence-electron chi connectivity index (χ0n) is 16.3. The van der Waals surface area contributed by atoms with Gasteiger partial charge in [0.2, 0.25) is 5.91 Å². The minimum atomic E-state index is -0.737. The molecule has 30 heavy (non-hydrogen) atoms. The van der Waals surface area contributed by atoms with Gasteiger partial charge in [-0.15, -0.1) is 0 Å². The summed E-state index contributed by atoms with van der Waals surface area (Å²) in [4.78, 5) is 40.6. The van der Waals surface area contributed by atoms with Crippen LogP contribution in [0.4, 0.5) is 5.69 Å². The lowest BCUT2D eigenvalue weighted by Crippen LogP contribution is -2.51. The van der Waals surface area contributed by atoms with Gasteiger partial charge in [-0.1, -0.05) is 6.07 Å². The van der Waals surface area contributed by atoms with E-state index in [1.54, 1.807) is 52.2 Å². The Morgan fingerprint density at radius 1 is 1.20 bits per heavy atom. The number of anilines is 1. The molecule has 0 spiro atoms. The van der Waals surface area contributed by atoms with E-state index in [-0.39, 0.29) is 17.7 Å². The highest BCUT2D eigenvalue weighted by molar-refractivity contribution is 7.08. The van der Waals surface area contributed by atoms with Gasteiger partial charge in [0, 0.05) is 19.8 Å². The number of benzene rings is 1. The summed E-state index contributed by atoms with van der Waals surface area (Å²) in [7, 11) is 1.79. The monoisotopic (exact) mass is 420 g/mol. The van der Waals surface area contributed by atoms with E-state index in [2.05, 4.69) is 10.6 Å². The summed E-state index contributed by atoms with van der Waals surface area (Å²) in [5.74, 6) is -0.725. The minimum Gasteiger partial charge on any atom is -0.347 e. The number of hydrogen-bond donors (Lipinski definition) is 2. The molecule has 8 heteroatoms. The molecule has 2 aliphatic heterocycles. The maximum atomic E-state index is 13.3. The number of carbonyl (C=O) groups excluding carboxylic acids is 3. The summed E-state index contributed by atoms with van der Waals surface area (Å²) in [6.07, 6.45) is 2.32. The van der Waals surface area contributed by atoms with E-state index >= 15 is 0 Å². The van der Waals surface area contributed by atoms with Crippen LogP contribution >= 0.6 is 11.3 Å². The molecule has 7 nitrogen and oxygen atoms in total. The molecular formula is C22H20N4O3S. The van der Waals surface area contributed by atoms with Gasteiger partial charge in [-0.3, -0.25) is 14.4 Å². The topological polar surface area (TPSA) is 83.4 Å². The van der Waals surface area contributed by atoms with E-state index < -0.39 is 12.1 Å². The Hall–Kier alpha value is -3.39. The van der Waals surface area contributed by atoms with Crippen LogP contribution in [0, 0.1) is 0 Å². The van der Waals surface area contributed by atoms with Crippen LogP contribution in [0.3, 0.4) is 0 Å². The molecule has 2 unspecified atom stereocenters.